The van der Waals surface area contributed by atoms with Crippen molar-refractivity contribution in [1.82, 2.24) is 9.80 Å². The molecule has 0 saturated carbocycles. The molecule has 0 spiro atoms. The summed E-state index contributed by atoms with van der Waals surface area (Å²) < 4.78 is 0. The quantitative estimate of drug-likeness (QED) is 0.724. The van der Waals surface area contributed by atoms with Gasteiger partial charge in [0.1, 0.15) is 0 Å². The maximum Gasteiger partial charge on any atom is 0.305 e. The molecule has 5 heteroatoms. The van der Waals surface area contributed by atoms with Crippen LogP contribution in [0.15, 0.2) is 12.7 Å². The van der Waals surface area contributed by atoms with Crippen molar-refractivity contribution in [3.8, 4) is 0 Å². The summed E-state index contributed by atoms with van der Waals surface area (Å²) in [5.41, 5.74) is 0. The van der Waals surface area contributed by atoms with Gasteiger partial charge in [0, 0.05) is 19.6 Å². The maximum absolute atomic E-state index is 12.2. The third-order valence-corrected chi connectivity index (χ3v) is 2.98. The summed E-state index contributed by atoms with van der Waals surface area (Å²) in [5, 5.41) is 8.86. The van der Waals surface area contributed by atoms with Gasteiger partial charge in [-0.05, 0) is 13.0 Å². The number of likely N-dealkylation sites (N-methyl/N-ethyl adjacent to an activating group) is 1. The second-order valence-electron chi connectivity index (χ2n) is 4.69. The smallest absolute Gasteiger partial charge is 0.305 e. The number of carboxylic acids is 1. The van der Waals surface area contributed by atoms with Gasteiger partial charge < -0.3 is 10.0 Å². The van der Waals surface area contributed by atoms with Gasteiger partial charge in [-0.1, -0.05) is 13.0 Å². The van der Waals surface area contributed by atoms with Gasteiger partial charge in [-0.25, -0.2) is 0 Å². The summed E-state index contributed by atoms with van der Waals surface area (Å²) in [5.74, 6) is -0.717. The summed E-state index contributed by atoms with van der Waals surface area (Å²) in [6.45, 7) is 7.56. The summed E-state index contributed by atoms with van der Waals surface area (Å²) in [7, 11) is 1.80. The molecule has 0 aromatic heterocycles. The number of aliphatic carboxylic acids is 1. The van der Waals surface area contributed by atoms with Crippen LogP contribution in [0.1, 0.15) is 13.3 Å². The first-order valence-corrected chi connectivity index (χ1v) is 5.77. The molecule has 1 aliphatic heterocycles. The van der Waals surface area contributed by atoms with E-state index in [2.05, 4.69) is 13.5 Å². The van der Waals surface area contributed by atoms with Crippen molar-refractivity contribution in [2.24, 2.45) is 5.92 Å². The van der Waals surface area contributed by atoms with Gasteiger partial charge in [-0.15, -0.1) is 6.58 Å². The lowest BCUT2D eigenvalue weighted by molar-refractivity contribution is -0.144. The Morgan fingerprint density at radius 1 is 1.59 bits per heavy atom. The van der Waals surface area contributed by atoms with E-state index in [4.69, 9.17) is 5.11 Å². The first kappa shape index (κ1) is 13.7. The van der Waals surface area contributed by atoms with Crippen LogP contribution >= 0.6 is 0 Å². The molecule has 0 aromatic carbocycles. The number of nitrogens with zero attached hydrogens (tertiary/aromatic N) is 2. The molecule has 1 heterocycles. The second-order valence-corrected chi connectivity index (χ2v) is 4.69. The highest BCUT2D eigenvalue weighted by atomic mass is 16.4. The number of rotatable bonds is 4. The van der Waals surface area contributed by atoms with Gasteiger partial charge in [0.2, 0.25) is 5.91 Å². The number of carbonyl (C=O) groups is 2. The highest BCUT2D eigenvalue weighted by Crippen LogP contribution is 2.16. The Morgan fingerprint density at radius 2 is 2.24 bits per heavy atom. The Hall–Kier alpha value is -1.36. The summed E-state index contributed by atoms with van der Waals surface area (Å²) in [4.78, 5) is 26.5. The van der Waals surface area contributed by atoms with Crippen molar-refractivity contribution in [1.29, 1.82) is 0 Å². The van der Waals surface area contributed by atoms with E-state index in [1.165, 1.54) is 0 Å². The van der Waals surface area contributed by atoms with Crippen LogP contribution in [0.4, 0.5) is 0 Å². The molecule has 1 N–H and O–H groups in total. The predicted octanol–water partition coefficient (Wildman–Crippen LogP) is 0.426. The lowest BCUT2D eigenvalue weighted by Gasteiger charge is -2.26. The first-order valence-electron chi connectivity index (χ1n) is 5.77. The first-order chi connectivity index (χ1) is 7.95. The van der Waals surface area contributed by atoms with Gasteiger partial charge in [0.15, 0.2) is 0 Å². The summed E-state index contributed by atoms with van der Waals surface area (Å²) >= 11 is 0. The summed E-state index contributed by atoms with van der Waals surface area (Å²) in [6, 6.07) is -0.558. The van der Waals surface area contributed by atoms with Crippen LogP contribution in [0.2, 0.25) is 0 Å². The fraction of sp³-hybridized carbons (Fsp3) is 0.667. The van der Waals surface area contributed by atoms with Crippen LogP contribution in [0, 0.1) is 5.92 Å². The van der Waals surface area contributed by atoms with Gasteiger partial charge >= 0.3 is 5.97 Å². The van der Waals surface area contributed by atoms with E-state index in [1.807, 2.05) is 4.90 Å². The number of hydrogen-bond acceptors (Lipinski definition) is 3. The van der Waals surface area contributed by atoms with Crippen LogP contribution in [-0.2, 0) is 9.59 Å². The zero-order valence-electron chi connectivity index (χ0n) is 10.4. The molecular formula is C12H20N2O3. The summed E-state index contributed by atoms with van der Waals surface area (Å²) in [6.07, 6.45) is 1.53. The molecule has 0 radical (unpaired) electrons. The third kappa shape index (κ3) is 3.56. The molecule has 17 heavy (non-hydrogen) atoms. The molecular weight excluding hydrogens is 220 g/mol. The van der Waals surface area contributed by atoms with E-state index in [1.54, 1.807) is 18.0 Å². The van der Waals surface area contributed by atoms with Crippen LogP contribution < -0.4 is 0 Å². The Morgan fingerprint density at radius 3 is 2.76 bits per heavy atom. The van der Waals surface area contributed by atoms with Crippen molar-refractivity contribution < 1.29 is 14.7 Å². The van der Waals surface area contributed by atoms with Crippen LogP contribution in [-0.4, -0.2) is 59.5 Å². The van der Waals surface area contributed by atoms with E-state index in [-0.39, 0.29) is 12.3 Å². The minimum Gasteiger partial charge on any atom is -0.481 e. The number of hydrogen-bond donors (Lipinski definition) is 1. The average molecular weight is 240 g/mol. The molecule has 1 fully saturated rings. The zero-order valence-corrected chi connectivity index (χ0v) is 10.4. The molecule has 0 bridgehead atoms. The molecule has 5 nitrogen and oxygen atoms in total. The van der Waals surface area contributed by atoms with Gasteiger partial charge in [0.05, 0.1) is 12.5 Å². The van der Waals surface area contributed by atoms with Crippen LogP contribution in [0.3, 0.4) is 0 Å². The second kappa shape index (κ2) is 5.82. The standard InChI is InChI=1S/C12H20N2O3/c1-4-5-14-8-9(2)7-13(3)10(12(14)17)6-11(15)16/h4,9-10H,1,5-8H2,2-3H3,(H,15,16). The Bertz CT molecular complexity index is 317. The van der Waals surface area contributed by atoms with Crippen molar-refractivity contribution in [3.05, 3.63) is 12.7 Å². The molecule has 2 atom stereocenters. The fourth-order valence-electron chi connectivity index (χ4n) is 2.27. The van der Waals surface area contributed by atoms with Crippen molar-refractivity contribution in [2.75, 3.05) is 26.7 Å². The largest absolute Gasteiger partial charge is 0.481 e. The molecule has 0 aliphatic carbocycles. The van der Waals surface area contributed by atoms with Crippen molar-refractivity contribution >= 4 is 11.9 Å². The fourth-order valence-corrected chi connectivity index (χ4v) is 2.27. The molecule has 1 aliphatic rings. The normalized spacial score (nSPS) is 26.7. The van der Waals surface area contributed by atoms with Gasteiger partial charge in [-0.2, -0.15) is 0 Å². The highest BCUT2D eigenvalue weighted by Gasteiger charge is 2.33. The monoisotopic (exact) mass is 240 g/mol. The van der Waals surface area contributed by atoms with E-state index < -0.39 is 12.0 Å². The Balaban J connectivity index is 2.87. The van der Waals surface area contributed by atoms with E-state index in [0.717, 1.165) is 6.54 Å². The molecule has 1 amide bonds. The number of amides is 1. The van der Waals surface area contributed by atoms with Crippen molar-refractivity contribution in [2.45, 2.75) is 19.4 Å². The SMILES string of the molecule is C=CCN1CC(C)CN(C)C(CC(=O)O)C1=O. The highest BCUT2D eigenvalue weighted by molar-refractivity contribution is 5.86. The van der Waals surface area contributed by atoms with E-state index >= 15 is 0 Å². The van der Waals surface area contributed by atoms with E-state index in [9.17, 15) is 9.59 Å². The van der Waals surface area contributed by atoms with Gasteiger partial charge in [0.25, 0.3) is 0 Å². The molecule has 0 aromatic rings. The Labute approximate surface area is 102 Å². The van der Waals surface area contributed by atoms with Gasteiger partial charge in [-0.3, -0.25) is 14.5 Å². The third-order valence-electron chi connectivity index (χ3n) is 2.98. The lowest BCUT2D eigenvalue weighted by atomic mass is 10.1. The number of carbonyl (C=O) groups excluding carboxylic acids is 1. The molecule has 96 valence electrons. The minimum atomic E-state index is -0.941. The lowest BCUT2D eigenvalue weighted by Crippen LogP contribution is -2.45. The molecule has 2 unspecified atom stereocenters. The topological polar surface area (TPSA) is 60.9 Å². The molecule has 1 rings (SSSR count). The van der Waals surface area contributed by atoms with E-state index in [0.29, 0.717) is 19.0 Å². The van der Waals surface area contributed by atoms with Crippen molar-refractivity contribution in [3.63, 3.8) is 0 Å². The van der Waals surface area contributed by atoms with Crippen LogP contribution in [0.25, 0.3) is 0 Å². The van der Waals surface area contributed by atoms with Crippen LogP contribution in [0.5, 0.6) is 0 Å². The molecule has 1 saturated heterocycles. The average Bonchev–Trinajstić information content (AvgIpc) is 2.31. The predicted molar refractivity (Wildman–Crippen MR) is 64.6 cm³/mol. The minimum absolute atomic E-state index is 0.112. The number of carboxylic acid groups (broad SMARTS) is 1. The zero-order chi connectivity index (χ0) is 13.0. The Kier molecular flexibility index (Phi) is 4.69. The maximum atomic E-state index is 12.2.